The number of rotatable bonds is 8. The van der Waals surface area contributed by atoms with Gasteiger partial charge in [-0.05, 0) is 29.8 Å². The molecule has 0 saturated carbocycles. The third kappa shape index (κ3) is 4.61. The molecule has 0 amide bonds. The zero-order valence-corrected chi connectivity index (χ0v) is 15.6. The van der Waals surface area contributed by atoms with Crippen LogP contribution in [0.5, 0.6) is 23.0 Å². The van der Waals surface area contributed by atoms with Crippen molar-refractivity contribution in [3.8, 4) is 23.0 Å². The molecule has 2 N–H and O–H groups in total. The van der Waals surface area contributed by atoms with E-state index in [0.29, 0.717) is 34.1 Å². The predicted octanol–water partition coefficient (Wildman–Crippen LogP) is 1.30. The van der Waals surface area contributed by atoms with Gasteiger partial charge in [0.2, 0.25) is 5.75 Å². The fourth-order valence-corrected chi connectivity index (χ4v) is 2.55. The highest BCUT2D eigenvalue weighted by atomic mass is 16.5. The van der Waals surface area contributed by atoms with Gasteiger partial charge in [0, 0.05) is 11.0 Å². The summed E-state index contributed by atoms with van der Waals surface area (Å²) >= 11 is 0. The molecule has 0 fully saturated rings. The zero-order valence-electron chi connectivity index (χ0n) is 15.6. The normalized spacial score (nSPS) is 10.6. The van der Waals surface area contributed by atoms with Crippen molar-refractivity contribution in [1.29, 1.82) is 0 Å². The summed E-state index contributed by atoms with van der Waals surface area (Å²) in [6.45, 7) is 0. The lowest BCUT2D eigenvalue weighted by Gasteiger charge is -2.13. The number of methoxy groups -OCH3 is 4. The molecule has 0 atom stereocenters. The van der Waals surface area contributed by atoms with Crippen LogP contribution in [0.25, 0.3) is 6.08 Å². The molecule has 2 aromatic rings. The maximum Gasteiger partial charge on any atom is 0.492 e. The van der Waals surface area contributed by atoms with Gasteiger partial charge in [-0.3, -0.25) is 4.79 Å². The average Bonchev–Trinajstić information content (AvgIpc) is 2.70. The Labute approximate surface area is 157 Å². The van der Waals surface area contributed by atoms with Gasteiger partial charge in [-0.1, -0.05) is 18.2 Å². The Morgan fingerprint density at radius 2 is 1.48 bits per heavy atom. The number of allylic oxidation sites excluding steroid dienone is 1. The van der Waals surface area contributed by atoms with E-state index in [1.807, 2.05) is 0 Å². The van der Waals surface area contributed by atoms with Gasteiger partial charge in [0.15, 0.2) is 17.3 Å². The summed E-state index contributed by atoms with van der Waals surface area (Å²) in [6, 6.07) is 7.94. The summed E-state index contributed by atoms with van der Waals surface area (Å²) < 4.78 is 20.8. The van der Waals surface area contributed by atoms with E-state index in [1.165, 1.54) is 40.6 Å². The van der Waals surface area contributed by atoms with E-state index in [4.69, 9.17) is 18.9 Å². The Balaban J connectivity index is 2.33. The number of ether oxygens (including phenoxy) is 4. The lowest BCUT2D eigenvalue weighted by atomic mass is 9.78. The van der Waals surface area contributed by atoms with Crippen molar-refractivity contribution in [2.75, 3.05) is 28.4 Å². The first-order chi connectivity index (χ1) is 12.9. The number of hydrogen-bond donors (Lipinski definition) is 2. The van der Waals surface area contributed by atoms with E-state index in [0.717, 1.165) is 0 Å². The summed E-state index contributed by atoms with van der Waals surface area (Å²) in [5.74, 6) is 1.22. The molecule has 0 unspecified atom stereocenters. The molecule has 0 radical (unpaired) electrons. The summed E-state index contributed by atoms with van der Waals surface area (Å²) in [5.41, 5.74) is 1.18. The van der Waals surface area contributed by atoms with Gasteiger partial charge in [-0.25, -0.2) is 0 Å². The maximum atomic E-state index is 12.5. The molecular formula is C19H21BO7. The quantitative estimate of drug-likeness (QED) is 0.410. The van der Waals surface area contributed by atoms with E-state index < -0.39 is 7.12 Å². The van der Waals surface area contributed by atoms with Crippen molar-refractivity contribution in [2.45, 2.75) is 0 Å². The van der Waals surface area contributed by atoms with Crippen molar-refractivity contribution in [3.05, 3.63) is 47.5 Å². The first-order valence-electron chi connectivity index (χ1n) is 8.01. The van der Waals surface area contributed by atoms with Crippen molar-refractivity contribution in [1.82, 2.24) is 0 Å². The monoisotopic (exact) mass is 372 g/mol. The van der Waals surface area contributed by atoms with Gasteiger partial charge in [0.1, 0.15) is 5.75 Å². The van der Waals surface area contributed by atoms with Crippen LogP contribution in [0, 0.1) is 0 Å². The van der Waals surface area contributed by atoms with Crippen LogP contribution in [0.1, 0.15) is 15.9 Å². The van der Waals surface area contributed by atoms with E-state index in [2.05, 4.69) is 0 Å². The molecule has 142 valence electrons. The third-order valence-corrected chi connectivity index (χ3v) is 3.91. The summed E-state index contributed by atoms with van der Waals surface area (Å²) in [7, 11) is 4.18. The minimum Gasteiger partial charge on any atom is -0.497 e. The molecule has 0 aliphatic carbocycles. The fourth-order valence-electron chi connectivity index (χ4n) is 2.55. The Kier molecular flexibility index (Phi) is 6.87. The summed E-state index contributed by atoms with van der Waals surface area (Å²) in [5, 5.41) is 18.9. The minimum absolute atomic E-state index is 0.208. The highest BCUT2D eigenvalue weighted by Gasteiger charge is 2.18. The third-order valence-electron chi connectivity index (χ3n) is 3.91. The van der Waals surface area contributed by atoms with Gasteiger partial charge < -0.3 is 29.0 Å². The smallest absolute Gasteiger partial charge is 0.492 e. The molecule has 0 aliphatic rings. The largest absolute Gasteiger partial charge is 0.497 e. The van der Waals surface area contributed by atoms with Crippen molar-refractivity contribution in [3.63, 3.8) is 0 Å². The molecule has 0 spiro atoms. The van der Waals surface area contributed by atoms with Crippen LogP contribution in [-0.4, -0.2) is 51.4 Å². The van der Waals surface area contributed by atoms with Crippen LogP contribution in [-0.2, 0) is 0 Å². The van der Waals surface area contributed by atoms with Gasteiger partial charge in [-0.15, -0.1) is 0 Å². The molecule has 27 heavy (non-hydrogen) atoms. The van der Waals surface area contributed by atoms with Crippen molar-refractivity contribution < 1.29 is 33.8 Å². The van der Waals surface area contributed by atoms with E-state index in [-0.39, 0.29) is 11.2 Å². The Morgan fingerprint density at radius 1 is 0.889 bits per heavy atom. The van der Waals surface area contributed by atoms with E-state index in [1.54, 1.807) is 30.3 Å². The SMILES string of the molecule is COc1ccc(C=CC(=O)c2cc(OC)c(OC)c(OC)c2)cc1B(O)O. The summed E-state index contributed by atoms with van der Waals surface area (Å²) in [6.07, 6.45) is 2.94. The molecule has 7 nitrogen and oxygen atoms in total. The highest BCUT2D eigenvalue weighted by molar-refractivity contribution is 6.59. The Morgan fingerprint density at radius 3 is 1.96 bits per heavy atom. The first kappa shape index (κ1) is 20.3. The second-order valence-corrected chi connectivity index (χ2v) is 5.49. The Bertz CT molecular complexity index is 821. The van der Waals surface area contributed by atoms with Crippen LogP contribution in [0.2, 0.25) is 0 Å². The standard InChI is InChI=1S/C19H21BO7/c1-24-16-8-6-12(9-14(16)20(22)23)5-7-15(21)13-10-17(25-2)19(27-4)18(11-13)26-3/h5-11,22-23H,1-4H3. The lowest BCUT2D eigenvalue weighted by Crippen LogP contribution is -2.31. The van der Waals surface area contributed by atoms with Gasteiger partial charge in [0.25, 0.3) is 0 Å². The molecule has 0 heterocycles. The van der Waals surface area contributed by atoms with Crippen LogP contribution < -0.4 is 24.4 Å². The molecule has 2 rings (SSSR count). The summed E-state index contributed by atoms with van der Waals surface area (Å²) in [4.78, 5) is 12.5. The lowest BCUT2D eigenvalue weighted by molar-refractivity contribution is 0.104. The average molecular weight is 372 g/mol. The molecular weight excluding hydrogens is 351 g/mol. The van der Waals surface area contributed by atoms with Crippen LogP contribution in [0.4, 0.5) is 0 Å². The fraction of sp³-hybridized carbons (Fsp3) is 0.211. The Hall–Kier alpha value is -2.97. The number of ketones is 1. The second kappa shape index (κ2) is 9.11. The number of carbonyl (C=O) groups is 1. The molecule has 2 aromatic carbocycles. The van der Waals surface area contributed by atoms with Gasteiger partial charge in [0.05, 0.1) is 28.4 Å². The number of hydrogen-bond acceptors (Lipinski definition) is 7. The topological polar surface area (TPSA) is 94.5 Å². The molecule has 8 heteroatoms. The maximum absolute atomic E-state index is 12.5. The molecule has 0 bridgehead atoms. The molecule has 0 aliphatic heterocycles. The van der Waals surface area contributed by atoms with E-state index in [9.17, 15) is 14.8 Å². The van der Waals surface area contributed by atoms with Crippen LogP contribution >= 0.6 is 0 Å². The van der Waals surface area contributed by atoms with Gasteiger partial charge in [-0.2, -0.15) is 0 Å². The first-order valence-corrected chi connectivity index (χ1v) is 8.01. The van der Waals surface area contributed by atoms with E-state index >= 15 is 0 Å². The number of carbonyl (C=O) groups excluding carboxylic acids is 1. The minimum atomic E-state index is -1.68. The van der Waals surface area contributed by atoms with Crippen molar-refractivity contribution >= 4 is 24.4 Å². The molecule has 0 aromatic heterocycles. The second-order valence-electron chi connectivity index (χ2n) is 5.49. The predicted molar refractivity (Wildman–Crippen MR) is 102 cm³/mol. The number of benzene rings is 2. The highest BCUT2D eigenvalue weighted by Crippen LogP contribution is 2.38. The zero-order chi connectivity index (χ0) is 20.0. The van der Waals surface area contributed by atoms with Gasteiger partial charge >= 0.3 is 7.12 Å². The van der Waals surface area contributed by atoms with Crippen LogP contribution in [0.3, 0.4) is 0 Å². The van der Waals surface area contributed by atoms with Crippen LogP contribution in [0.15, 0.2) is 36.4 Å². The van der Waals surface area contributed by atoms with Crippen molar-refractivity contribution in [2.24, 2.45) is 0 Å². The molecule has 0 saturated heterocycles.